The predicted molar refractivity (Wildman–Crippen MR) is 106 cm³/mol. The Bertz CT molecular complexity index is 683. The molecule has 9 heteroatoms. The van der Waals surface area contributed by atoms with Gasteiger partial charge in [-0.05, 0) is 25.5 Å². The van der Waals surface area contributed by atoms with Crippen LogP contribution in [0.1, 0.15) is 20.3 Å². The lowest BCUT2D eigenvalue weighted by Gasteiger charge is -2.17. The van der Waals surface area contributed by atoms with E-state index < -0.39 is 9.84 Å². The summed E-state index contributed by atoms with van der Waals surface area (Å²) < 4.78 is 46.4. The zero-order valence-corrected chi connectivity index (χ0v) is 17.0. The molecule has 0 aliphatic heterocycles. The Hall–Kier alpha value is -1.87. The minimum atomic E-state index is -3.00. The summed E-state index contributed by atoms with van der Waals surface area (Å²) in [5.41, 5.74) is 0. The lowest BCUT2D eigenvalue weighted by Crippen LogP contribution is -2.40. The molecule has 0 radical (unpaired) electrons. The highest BCUT2D eigenvalue weighted by Crippen LogP contribution is 2.15. The van der Waals surface area contributed by atoms with Crippen molar-refractivity contribution < 1.29 is 22.3 Å². The van der Waals surface area contributed by atoms with Crippen molar-refractivity contribution in [2.24, 2.45) is 4.99 Å². The summed E-state index contributed by atoms with van der Waals surface area (Å²) in [6, 6.07) is 6.05. The molecule has 1 aromatic carbocycles. The van der Waals surface area contributed by atoms with Crippen molar-refractivity contribution in [2.75, 3.05) is 44.9 Å². The second kappa shape index (κ2) is 12.5. The summed E-state index contributed by atoms with van der Waals surface area (Å²) in [6.07, 6.45) is 1.74. The van der Waals surface area contributed by atoms with E-state index in [1.165, 1.54) is 18.4 Å². The molecule has 0 spiro atoms. The van der Waals surface area contributed by atoms with Gasteiger partial charge in [-0.15, -0.1) is 0 Å². The van der Waals surface area contributed by atoms with Crippen molar-refractivity contribution in [3.05, 3.63) is 30.1 Å². The summed E-state index contributed by atoms with van der Waals surface area (Å²) in [5, 5.41) is 6.24. The van der Waals surface area contributed by atoms with Crippen molar-refractivity contribution >= 4 is 15.8 Å². The molecule has 0 heterocycles. The third-order valence-electron chi connectivity index (χ3n) is 3.49. The SMILES string of the molecule is CCNC(=NCC(CC)Oc1cccc(F)c1)NCCOCCS(C)(=O)=O. The standard InChI is InChI=1S/C18H30FN3O4S/c1-4-16(26-17-8-6-7-15(19)13-17)14-22-18(20-5-2)21-9-10-25-11-12-27(3,23)24/h6-8,13,16H,4-5,9-12,14H2,1-3H3,(H2,20,21,22). The van der Waals surface area contributed by atoms with E-state index in [4.69, 9.17) is 9.47 Å². The average Bonchev–Trinajstić information content (AvgIpc) is 2.60. The molecule has 0 bridgehead atoms. The van der Waals surface area contributed by atoms with Crippen LogP contribution >= 0.6 is 0 Å². The van der Waals surface area contributed by atoms with Gasteiger partial charge in [0.25, 0.3) is 0 Å². The van der Waals surface area contributed by atoms with E-state index in [1.807, 2.05) is 13.8 Å². The number of hydrogen-bond donors (Lipinski definition) is 2. The summed E-state index contributed by atoms with van der Waals surface area (Å²) >= 11 is 0. The van der Waals surface area contributed by atoms with Crippen LogP contribution in [0.3, 0.4) is 0 Å². The topological polar surface area (TPSA) is 89.0 Å². The molecular weight excluding hydrogens is 373 g/mol. The molecule has 0 aliphatic carbocycles. The molecule has 1 unspecified atom stereocenters. The van der Waals surface area contributed by atoms with Crippen molar-refractivity contribution in [2.45, 2.75) is 26.4 Å². The van der Waals surface area contributed by atoms with Gasteiger partial charge in [-0.2, -0.15) is 0 Å². The number of sulfone groups is 1. The van der Waals surface area contributed by atoms with Gasteiger partial charge < -0.3 is 20.1 Å². The fourth-order valence-electron chi connectivity index (χ4n) is 2.07. The Balaban J connectivity index is 2.43. The van der Waals surface area contributed by atoms with Gasteiger partial charge in [0.2, 0.25) is 0 Å². The van der Waals surface area contributed by atoms with Crippen molar-refractivity contribution in [1.82, 2.24) is 10.6 Å². The molecule has 0 aliphatic rings. The molecule has 0 fully saturated rings. The van der Waals surface area contributed by atoms with Crippen molar-refractivity contribution in [3.63, 3.8) is 0 Å². The number of aliphatic imine (C=N–C) groups is 1. The molecule has 1 atom stereocenters. The summed E-state index contributed by atoms with van der Waals surface area (Å²) in [6.45, 7) is 6.09. The Morgan fingerprint density at radius 1 is 1.26 bits per heavy atom. The summed E-state index contributed by atoms with van der Waals surface area (Å²) in [5.74, 6) is 0.771. The Morgan fingerprint density at radius 3 is 2.67 bits per heavy atom. The van der Waals surface area contributed by atoms with E-state index in [0.29, 0.717) is 38.0 Å². The van der Waals surface area contributed by atoms with Gasteiger partial charge in [0.1, 0.15) is 27.5 Å². The van der Waals surface area contributed by atoms with Crippen LogP contribution in [0.4, 0.5) is 4.39 Å². The molecule has 1 rings (SSSR count). The number of ether oxygens (including phenoxy) is 2. The largest absolute Gasteiger partial charge is 0.488 e. The molecule has 7 nitrogen and oxygen atoms in total. The zero-order chi connectivity index (χ0) is 20.1. The lowest BCUT2D eigenvalue weighted by molar-refractivity contribution is 0.154. The van der Waals surface area contributed by atoms with E-state index in [0.717, 1.165) is 6.42 Å². The highest BCUT2D eigenvalue weighted by Gasteiger charge is 2.09. The monoisotopic (exact) mass is 403 g/mol. The highest BCUT2D eigenvalue weighted by atomic mass is 32.2. The maximum Gasteiger partial charge on any atom is 0.191 e. The number of rotatable bonds is 12. The number of benzene rings is 1. The molecule has 0 saturated heterocycles. The van der Waals surface area contributed by atoms with Crippen LogP contribution < -0.4 is 15.4 Å². The van der Waals surface area contributed by atoms with Gasteiger partial charge in [0.15, 0.2) is 5.96 Å². The number of halogens is 1. The van der Waals surface area contributed by atoms with E-state index in [2.05, 4.69) is 15.6 Å². The van der Waals surface area contributed by atoms with Crippen LogP contribution in [0.2, 0.25) is 0 Å². The van der Waals surface area contributed by atoms with E-state index in [1.54, 1.807) is 12.1 Å². The highest BCUT2D eigenvalue weighted by molar-refractivity contribution is 7.90. The van der Waals surface area contributed by atoms with E-state index in [9.17, 15) is 12.8 Å². The first-order valence-electron chi connectivity index (χ1n) is 9.04. The summed E-state index contributed by atoms with van der Waals surface area (Å²) in [4.78, 5) is 4.48. The summed E-state index contributed by atoms with van der Waals surface area (Å²) in [7, 11) is -3.00. The maximum absolute atomic E-state index is 13.3. The predicted octanol–water partition coefficient (Wildman–Crippen LogP) is 1.60. The van der Waals surface area contributed by atoms with Crippen LogP contribution in [0, 0.1) is 5.82 Å². The van der Waals surface area contributed by atoms with Crippen LogP contribution in [0.15, 0.2) is 29.3 Å². The molecule has 0 saturated carbocycles. The van der Waals surface area contributed by atoms with Crippen LogP contribution in [-0.2, 0) is 14.6 Å². The lowest BCUT2D eigenvalue weighted by atomic mass is 10.2. The normalized spacial score (nSPS) is 13.3. The second-order valence-corrected chi connectivity index (χ2v) is 8.25. The van der Waals surface area contributed by atoms with Crippen molar-refractivity contribution in [3.8, 4) is 5.75 Å². The van der Waals surface area contributed by atoms with Crippen LogP contribution in [0.5, 0.6) is 5.75 Å². The average molecular weight is 404 g/mol. The fourth-order valence-corrected chi connectivity index (χ4v) is 2.49. The molecular formula is C18H30FN3O4S. The van der Waals surface area contributed by atoms with E-state index in [-0.39, 0.29) is 24.3 Å². The third kappa shape index (κ3) is 11.4. The number of nitrogens with zero attached hydrogens (tertiary/aromatic N) is 1. The van der Waals surface area contributed by atoms with Crippen LogP contribution in [-0.4, -0.2) is 65.3 Å². The Labute approximate surface area is 161 Å². The first kappa shape index (κ1) is 23.2. The number of hydrogen-bond acceptors (Lipinski definition) is 5. The molecule has 27 heavy (non-hydrogen) atoms. The quantitative estimate of drug-likeness (QED) is 0.313. The van der Waals surface area contributed by atoms with Gasteiger partial charge in [-0.25, -0.2) is 17.8 Å². The number of guanidine groups is 1. The first-order valence-corrected chi connectivity index (χ1v) is 11.1. The van der Waals surface area contributed by atoms with E-state index >= 15 is 0 Å². The zero-order valence-electron chi connectivity index (χ0n) is 16.2. The minimum Gasteiger partial charge on any atom is -0.488 e. The van der Waals surface area contributed by atoms with Gasteiger partial charge in [0.05, 0.1) is 25.5 Å². The third-order valence-corrected chi connectivity index (χ3v) is 4.40. The molecule has 154 valence electrons. The van der Waals surface area contributed by atoms with Gasteiger partial charge in [-0.1, -0.05) is 13.0 Å². The van der Waals surface area contributed by atoms with Crippen LogP contribution in [0.25, 0.3) is 0 Å². The Kier molecular flexibility index (Phi) is 10.7. The van der Waals surface area contributed by atoms with Gasteiger partial charge in [-0.3, -0.25) is 0 Å². The van der Waals surface area contributed by atoms with Gasteiger partial charge in [0, 0.05) is 25.4 Å². The molecule has 1 aromatic rings. The van der Waals surface area contributed by atoms with Gasteiger partial charge >= 0.3 is 0 Å². The fraction of sp³-hybridized carbons (Fsp3) is 0.611. The molecule has 2 N–H and O–H groups in total. The first-order chi connectivity index (χ1) is 12.8. The molecule has 0 aromatic heterocycles. The minimum absolute atomic E-state index is 0.0107. The molecule has 0 amide bonds. The smallest absolute Gasteiger partial charge is 0.191 e. The Morgan fingerprint density at radius 2 is 2.04 bits per heavy atom. The maximum atomic E-state index is 13.3. The number of nitrogens with one attached hydrogen (secondary N) is 2. The van der Waals surface area contributed by atoms with Crippen molar-refractivity contribution in [1.29, 1.82) is 0 Å². The second-order valence-electron chi connectivity index (χ2n) is 5.99.